The van der Waals surface area contributed by atoms with E-state index in [1.165, 1.54) is 24.8 Å². The van der Waals surface area contributed by atoms with Crippen molar-refractivity contribution in [3.8, 4) is 5.75 Å². The van der Waals surface area contributed by atoms with Crippen molar-refractivity contribution in [2.45, 2.75) is 65.1 Å². The van der Waals surface area contributed by atoms with E-state index in [1.54, 1.807) is 0 Å². The number of aliphatic hydroxyl groups excluding tert-OH is 1. The van der Waals surface area contributed by atoms with Crippen LogP contribution in [0.15, 0.2) is 24.3 Å². The van der Waals surface area contributed by atoms with Crippen molar-refractivity contribution in [2.24, 2.45) is 11.8 Å². The minimum atomic E-state index is -0.225. The van der Waals surface area contributed by atoms with Gasteiger partial charge in [0.15, 0.2) is 0 Å². The van der Waals surface area contributed by atoms with Gasteiger partial charge in [-0.05, 0) is 68.6 Å². The molecule has 0 heterocycles. The molecule has 1 aromatic carbocycles. The maximum atomic E-state index is 9.31. The van der Waals surface area contributed by atoms with Gasteiger partial charge in [0.05, 0.1) is 12.2 Å². The van der Waals surface area contributed by atoms with Crippen LogP contribution >= 0.6 is 0 Å². The van der Waals surface area contributed by atoms with Crippen LogP contribution in [0.1, 0.15) is 52.0 Å². The standard InChI is InChI=1S/C18H28O2/c1-13-4-9-18(12-14(13)2)20-17-10-7-16(8-11-17)6-5-15(3)19/h7-8,10-11,13-15,18-19H,4-6,9,12H2,1-3H3. The molecule has 4 atom stereocenters. The Morgan fingerprint density at radius 3 is 2.45 bits per heavy atom. The fraction of sp³-hybridized carbons (Fsp3) is 0.667. The molecule has 1 aliphatic rings. The highest BCUT2D eigenvalue weighted by Gasteiger charge is 2.25. The number of hydrogen-bond donors (Lipinski definition) is 1. The summed E-state index contributed by atoms with van der Waals surface area (Å²) in [4.78, 5) is 0. The normalized spacial score (nSPS) is 28.1. The molecule has 1 fully saturated rings. The van der Waals surface area contributed by atoms with Gasteiger partial charge in [0.25, 0.3) is 0 Å². The van der Waals surface area contributed by atoms with Crippen LogP contribution in [0, 0.1) is 11.8 Å². The molecule has 0 amide bonds. The first-order valence-electron chi connectivity index (χ1n) is 7.98. The summed E-state index contributed by atoms with van der Waals surface area (Å²) in [5.41, 5.74) is 1.27. The van der Waals surface area contributed by atoms with E-state index in [-0.39, 0.29) is 6.10 Å². The molecule has 0 saturated heterocycles. The molecule has 1 N–H and O–H groups in total. The number of rotatable bonds is 5. The van der Waals surface area contributed by atoms with Crippen LogP contribution in [0.4, 0.5) is 0 Å². The minimum Gasteiger partial charge on any atom is -0.490 e. The number of hydrogen-bond acceptors (Lipinski definition) is 2. The first-order chi connectivity index (χ1) is 9.54. The van der Waals surface area contributed by atoms with Gasteiger partial charge in [-0.2, -0.15) is 0 Å². The summed E-state index contributed by atoms with van der Waals surface area (Å²) in [5, 5.41) is 9.31. The van der Waals surface area contributed by atoms with E-state index in [0.717, 1.165) is 30.4 Å². The van der Waals surface area contributed by atoms with E-state index in [4.69, 9.17) is 4.74 Å². The molecule has 0 radical (unpaired) electrons. The quantitative estimate of drug-likeness (QED) is 0.873. The molecule has 1 aromatic rings. The summed E-state index contributed by atoms with van der Waals surface area (Å²) >= 11 is 0. The van der Waals surface area contributed by atoms with Crippen LogP contribution in [0.5, 0.6) is 5.75 Å². The van der Waals surface area contributed by atoms with Crippen molar-refractivity contribution in [2.75, 3.05) is 0 Å². The molecular formula is C18H28O2. The highest BCUT2D eigenvalue weighted by Crippen LogP contribution is 2.31. The second kappa shape index (κ2) is 7.12. The minimum absolute atomic E-state index is 0.225. The monoisotopic (exact) mass is 276 g/mol. The Morgan fingerprint density at radius 2 is 1.85 bits per heavy atom. The summed E-state index contributed by atoms with van der Waals surface area (Å²) in [5.74, 6) is 2.58. The van der Waals surface area contributed by atoms with Crippen LogP contribution in [0.25, 0.3) is 0 Å². The fourth-order valence-corrected chi connectivity index (χ4v) is 2.91. The van der Waals surface area contributed by atoms with Gasteiger partial charge in [0.1, 0.15) is 5.75 Å². The maximum absolute atomic E-state index is 9.31. The predicted molar refractivity (Wildman–Crippen MR) is 83.0 cm³/mol. The van der Waals surface area contributed by atoms with E-state index < -0.39 is 0 Å². The highest BCUT2D eigenvalue weighted by atomic mass is 16.5. The Kier molecular flexibility index (Phi) is 5.47. The SMILES string of the molecule is CC(O)CCc1ccc(OC2CCC(C)C(C)C2)cc1. The zero-order valence-corrected chi connectivity index (χ0v) is 13.0. The number of aliphatic hydroxyl groups is 1. The van der Waals surface area contributed by atoms with Crippen molar-refractivity contribution in [1.82, 2.24) is 0 Å². The van der Waals surface area contributed by atoms with Crippen molar-refractivity contribution in [3.05, 3.63) is 29.8 Å². The molecular weight excluding hydrogens is 248 g/mol. The second-order valence-electron chi connectivity index (χ2n) is 6.54. The molecule has 4 unspecified atom stereocenters. The molecule has 20 heavy (non-hydrogen) atoms. The fourth-order valence-electron chi connectivity index (χ4n) is 2.91. The lowest BCUT2D eigenvalue weighted by Crippen LogP contribution is -2.28. The lowest BCUT2D eigenvalue weighted by atomic mass is 9.80. The third-order valence-corrected chi connectivity index (χ3v) is 4.63. The van der Waals surface area contributed by atoms with Crippen LogP contribution < -0.4 is 4.74 Å². The third-order valence-electron chi connectivity index (χ3n) is 4.63. The number of aryl methyl sites for hydroxylation is 1. The summed E-state index contributed by atoms with van der Waals surface area (Å²) < 4.78 is 6.11. The Balaban J connectivity index is 1.84. The van der Waals surface area contributed by atoms with Gasteiger partial charge in [-0.1, -0.05) is 26.0 Å². The van der Waals surface area contributed by atoms with E-state index in [1.807, 2.05) is 6.92 Å². The Bertz CT molecular complexity index is 396. The van der Waals surface area contributed by atoms with Crippen molar-refractivity contribution < 1.29 is 9.84 Å². The molecule has 2 nitrogen and oxygen atoms in total. The molecule has 0 aliphatic heterocycles. The van der Waals surface area contributed by atoms with E-state index in [2.05, 4.69) is 38.1 Å². The van der Waals surface area contributed by atoms with Crippen molar-refractivity contribution in [1.29, 1.82) is 0 Å². The van der Waals surface area contributed by atoms with Gasteiger partial charge >= 0.3 is 0 Å². The lowest BCUT2D eigenvalue weighted by Gasteiger charge is -2.32. The van der Waals surface area contributed by atoms with Gasteiger partial charge in [-0.3, -0.25) is 0 Å². The number of ether oxygens (including phenoxy) is 1. The molecule has 112 valence electrons. The van der Waals surface area contributed by atoms with Crippen LogP contribution in [0.3, 0.4) is 0 Å². The van der Waals surface area contributed by atoms with Crippen LogP contribution in [-0.4, -0.2) is 17.3 Å². The Morgan fingerprint density at radius 1 is 1.15 bits per heavy atom. The first-order valence-corrected chi connectivity index (χ1v) is 7.98. The zero-order valence-electron chi connectivity index (χ0n) is 13.0. The predicted octanol–water partition coefficient (Wildman–Crippen LogP) is 4.20. The summed E-state index contributed by atoms with van der Waals surface area (Å²) in [6.45, 7) is 6.51. The molecule has 1 saturated carbocycles. The summed E-state index contributed by atoms with van der Waals surface area (Å²) in [7, 11) is 0. The molecule has 2 rings (SSSR count). The topological polar surface area (TPSA) is 29.5 Å². The largest absolute Gasteiger partial charge is 0.490 e. The van der Waals surface area contributed by atoms with E-state index in [9.17, 15) is 5.11 Å². The van der Waals surface area contributed by atoms with Gasteiger partial charge in [-0.25, -0.2) is 0 Å². The second-order valence-corrected chi connectivity index (χ2v) is 6.54. The molecule has 1 aliphatic carbocycles. The Hall–Kier alpha value is -1.02. The van der Waals surface area contributed by atoms with Gasteiger partial charge in [-0.15, -0.1) is 0 Å². The van der Waals surface area contributed by atoms with Gasteiger partial charge < -0.3 is 9.84 Å². The first kappa shape index (κ1) is 15.4. The van der Waals surface area contributed by atoms with Crippen molar-refractivity contribution >= 4 is 0 Å². The highest BCUT2D eigenvalue weighted by molar-refractivity contribution is 5.27. The van der Waals surface area contributed by atoms with Crippen molar-refractivity contribution in [3.63, 3.8) is 0 Å². The molecule has 0 spiro atoms. The lowest BCUT2D eigenvalue weighted by molar-refractivity contribution is 0.101. The zero-order chi connectivity index (χ0) is 14.5. The van der Waals surface area contributed by atoms with Gasteiger partial charge in [0.2, 0.25) is 0 Å². The van der Waals surface area contributed by atoms with E-state index in [0.29, 0.717) is 6.10 Å². The van der Waals surface area contributed by atoms with Gasteiger partial charge in [0, 0.05) is 0 Å². The Labute approximate surface area is 123 Å². The molecule has 0 bridgehead atoms. The smallest absolute Gasteiger partial charge is 0.119 e. The average Bonchev–Trinajstić information content (AvgIpc) is 2.42. The van der Waals surface area contributed by atoms with E-state index >= 15 is 0 Å². The molecule has 0 aromatic heterocycles. The average molecular weight is 276 g/mol. The van der Waals surface area contributed by atoms with Crippen LogP contribution in [-0.2, 0) is 6.42 Å². The van der Waals surface area contributed by atoms with Crippen LogP contribution in [0.2, 0.25) is 0 Å². The maximum Gasteiger partial charge on any atom is 0.119 e. The summed E-state index contributed by atoms with van der Waals surface area (Å²) in [6, 6.07) is 8.37. The summed E-state index contributed by atoms with van der Waals surface area (Å²) in [6.07, 6.45) is 5.52. The molecule has 2 heteroatoms. The third kappa shape index (κ3) is 4.52. The number of benzene rings is 1.